The second kappa shape index (κ2) is 6.78. The Bertz CT molecular complexity index is 361. The minimum atomic E-state index is 0.688. The number of unbranched alkanes of at least 4 members (excludes halogenated alkanes) is 2. The lowest BCUT2D eigenvalue weighted by Gasteiger charge is -1.94. The average molecular weight is 200 g/mol. The van der Waals surface area contributed by atoms with Crippen molar-refractivity contribution in [3.63, 3.8) is 0 Å². The summed E-state index contributed by atoms with van der Waals surface area (Å²) in [4.78, 5) is 4.32. The maximum absolute atomic E-state index is 8.71. The van der Waals surface area contributed by atoms with Gasteiger partial charge in [0.15, 0.2) is 0 Å². The van der Waals surface area contributed by atoms with E-state index < -0.39 is 0 Å². The van der Waals surface area contributed by atoms with Crippen LogP contribution in [0.15, 0.2) is 29.3 Å². The molecule has 1 rings (SSSR count). The van der Waals surface area contributed by atoms with Gasteiger partial charge < -0.3 is 0 Å². The van der Waals surface area contributed by atoms with Gasteiger partial charge in [0, 0.05) is 12.8 Å². The van der Waals surface area contributed by atoms with Crippen molar-refractivity contribution in [1.29, 1.82) is 5.26 Å². The average Bonchev–Trinajstić information content (AvgIpc) is 2.29. The lowest BCUT2D eigenvalue weighted by atomic mass is 10.1. The molecule has 0 bridgehead atoms. The van der Waals surface area contributed by atoms with Gasteiger partial charge in [-0.15, -0.1) is 0 Å². The number of aliphatic imine (C=N–C) groups is 1. The van der Waals surface area contributed by atoms with Crippen LogP contribution in [0.4, 0.5) is 0 Å². The topological polar surface area (TPSA) is 36.1 Å². The molecule has 0 spiro atoms. The number of benzene rings is 1. The quantitative estimate of drug-likeness (QED) is 0.531. The van der Waals surface area contributed by atoms with Gasteiger partial charge in [-0.05, 0) is 24.1 Å². The van der Waals surface area contributed by atoms with E-state index in [4.69, 9.17) is 5.26 Å². The Morgan fingerprint density at radius 3 is 3.00 bits per heavy atom. The highest BCUT2D eigenvalue weighted by Crippen LogP contribution is 2.01. The highest BCUT2D eigenvalue weighted by Gasteiger charge is 1.90. The van der Waals surface area contributed by atoms with Crippen molar-refractivity contribution in [3.05, 3.63) is 35.4 Å². The largest absolute Gasteiger partial charge is 0.293 e. The van der Waals surface area contributed by atoms with Crippen molar-refractivity contribution in [3.8, 4) is 6.07 Å². The van der Waals surface area contributed by atoms with Gasteiger partial charge in [-0.3, -0.25) is 4.99 Å². The molecule has 0 N–H and O–H groups in total. The Balaban J connectivity index is 2.46. The number of nitriles is 1. The van der Waals surface area contributed by atoms with Crippen molar-refractivity contribution in [2.75, 3.05) is 6.54 Å². The van der Waals surface area contributed by atoms with Crippen LogP contribution in [0.25, 0.3) is 0 Å². The molecule has 0 heterocycles. The molecule has 1 aromatic carbocycles. The zero-order valence-corrected chi connectivity index (χ0v) is 9.11. The van der Waals surface area contributed by atoms with E-state index in [9.17, 15) is 0 Å². The maximum atomic E-state index is 8.71. The Morgan fingerprint density at radius 1 is 1.40 bits per heavy atom. The molecule has 78 valence electrons. The van der Waals surface area contributed by atoms with Crippen LogP contribution in [0.3, 0.4) is 0 Å². The summed E-state index contributed by atoms with van der Waals surface area (Å²) >= 11 is 0. The molecule has 2 nitrogen and oxygen atoms in total. The lowest BCUT2D eigenvalue weighted by Crippen LogP contribution is -1.86. The van der Waals surface area contributed by atoms with Crippen molar-refractivity contribution >= 4 is 6.21 Å². The van der Waals surface area contributed by atoms with E-state index in [-0.39, 0.29) is 0 Å². The first-order valence-corrected chi connectivity index (χ1v) is 5.37. The second-order valence-corrected chi connectivity index (χ2v) is 3.48. The van der Waals surface area contributed by atoms with Crippen LogP contribution in [-0.2, 0) is 0 Å². The molecule has 15 heavy (non-hydrogen) atoms. The first kappa shape index (κ1) is 11.5. The van der Waals surface area contributed by atoms with Crippen molar-refractivity contribution in [1.82, 2.24) is 0 Å². The SMILES string of the molecule is CCCCC/N=C/c1cccc(C#N)c1. The summed E-state index contributed by atoms with van der Waals surface area (Å²) in [6.07, 6.45) is 5.44. The van der Waals surface area contributed by atoms with E-state index in [0.717, 1.165) is 18.5 Å². The highest BCUT2D eigenvalue weighted by atomic mass is 14.7. The van der Waals surface area contributed by atoms with Gasteiger partial charge >= 0.3 is 0 Å². The first-order valence-electron chi connectivity index (χ1n) is 5.37. The molecule has 0 radical (unpaired) electrons. The van der Waals surface area contributed by atoms with Gasteiger partial charge in [0.25, 0.3) is 0 Å². The van der Waals surface area contributed by atoms with Crippen molar-refractivity contribution in [2.45, 2.75) is 26.2 Å². The molecule has 0 fully saturated rings. The third-order valence-electron chi connectivity index (χ3n) is 2.15. The van der Waals surface area contributed by atoms with Crippen LogP contribution in [0.2, 0.25) is 0 Å². The molecule has 0 saturated carbocycles. The van der Waals surface area contributed by atoms with Crippen LogP contribution >= 0.6 is 0 Å². The van der Waals surface area contributed by atoms with Gasteiger partial charge in [0.2, 0.25) is 0 Å². The van der Waals surface area contributed by atoms with E-state index >= 15 is 0 Å². The molecular formula is C13H16N2. The fourth-order valence-electron chi connectivity index (χ4n) is 1.31. The smallest absolute Gasteiger partial charge is 0.0991 e. The monoisotopic (exact) mass is 200 g/mol. The predicted molar refractivity (Wildman–Crippen MR) is 63.1 cm³/mol. The van der Waals surface area contributed by atoms with Crippen molar-refractivity contribution < 1.29 is 0 Å². The second-order valence-electron chi connectivity index (χ2n) is 3.48. The van der Waals surface area contributed by atoms with E-state index in [1.165, 1.54) is 12.8 Å². The summed E-state index contributed by atoms with van der Waals surface area (Å²) in [5.41, 5.74) is 1.69. The number of nitrogens with zero attached hydrogens (tertiary/aromatic N) is 2. The zero-order valence-electron chi connectivity index (χ0n) is 9.11. The predicted octanol–water partition coefficient (Wildman–Crippen LogP) is 3.17. The van der Waals surface area contributed by atoms with Crippen LogP contribution in [0, 0.1) is 11.3 Å². The van der Waals surface area contributed by atoms with Crippen LogP contribution in [0.1, 0.15) is 37.3 Å². The number of hydrogen-bond donors (Lipinski definition) is 0. The molecule has 0 aromatic heterocycles. The maximum Gasteiger partial charge on any atom is 0.0991 e. The normalized spacial score (nSPS) is 10.4. The highest BCUT2D eigenvalue weighted by molar-refractivity contribution is 5.80. The van der Waals surface area contributed by atoms with Gasteiger partial charge in [0.1, 0.15) is 0 Å². The van der Waals surface area contributed by atoms with Gasteiger partial charge in [-0.1, -0.05) is 31.9 Å². The first-order chi connectivity index (χ1) is 7.36. The molecule has 0 amide bonds. The molecular weight excluding hydrogens is 184 g/mol. The summed E-state index contributed by atoms with van der Waals surface area (Å²) in [7, 11) is 0. The third kappa shape index (κ3) is 4.42. The number of rotatable bonds is 5. The molecule has 1 aromatic rings. The van der Waals surface area contributed by atoms with E-state index in [1.54, 1.807) is 6.07 Å². The third-order valence-corrected chi connectivity index (χ3v) is 2.15. The van der Waals surface area contributed by atoms with Gasteiger partial charge in [-0.2, -0.15) is 5.26 Å². The van der Waals surface area contributed by atoms with E-state index in [0.29, 0.717) is 5.56 Å². The molecule has 0 aliphatic heterocycles. The summed E-state index contributed by atoms with van der Waals surface area (Å²) in [5.74, 6) is 0. The molecule has 0 saturated heterocycles. The van der Waals surface area contributed by atoms with Crippen LogP contribution in [0.5, 0.6) is 0 Å². The zero-order chi connectivity index (χ0) is 10.9. The summed E-state index contributed by atoms with van der Waals surface area (Å²) in [5, 5.41) is 8.71. The minimum absolute atomic E-state index is 0.688. The molecule has 2 heteroatoms. The molecule has 0 aliphatic rings. The Labute approximate surface area is 91.3 Å². The van der Waals surface area contributed by atoms with Crippen LogP contribution in [-0.4, -0.2) is 12.8 Å². The Morgan fingerprint density at radius 2 is 2.27 bits per heavy atom. The standard InChI is InChI=1S/C13H16N2/c1-2-3-4-8-15-11-13-7-5-6-12(9-13)10-14/h5-7,9,11H,2-4,8H2,1H3/b15-11+. The Hall–Kier alpha value is -1.62. The van der Waals surface area contributed by atoms with Crippen LogP contribution < -0.4 is 0 Å². The fraction of sp³-hybridized carbons (Fsp3) is 0.385. The fourth-order valence-corrected chi connectivity index (χ4v) is 1.31. The van der Waals surface area contributed by atoms with Crippen molar-refractivity contribution in [2.24, 2.45) is 4.99 Å². The van der Waals surface area contributed by atoms with E-state index in [2.05, 4.69) is 18.0 Å². The molecule has 0 aliphatic carbocycles. The molecule has 0 atom stereocenters. The summed E-state index contributed by atoms with van der Waals surface area (Å²) in [6.45, 7) is 3.06. The lowest BCUT2D eigenvalue weighted by molar-refractivity contribution is 0.729. The summed E-state index contributed by atoms with van der Waals surface area (Å²) < 4.78 is 0. The van der Waals surface area contributed by atoms with Gasteiger partial charge in [-0.25, -0.2) is 0 Å². The van der Waals surface area contributed by atoms with Gasteiger partial charge in [0.05, 0.1) is 11.6 Å². The number of hydrogen-bond acceptors (Lipinski definition) is 2. The molecule has 0 unspecified atom stereocenters. The Kier molecular flexibility index (Phi) is 5.18. The van der Waals surface area contributed by atoms with E-state index in [1.807, 2.05) is 24.4 Å². The minimum Gasteiger partial charge on any atom is -0.293 e. The summed E-state index contributed by atoms with van der Waals surface area (Å²) in [6, 6.07) is 9.61.